The van der Waals surface area contributed by atoms with Crippen molar-refractivity contribution in [1.29, 1.82) is 0 Å². The minimum Gasteiger partial charge on any atom is -0.496 e. The van der Waals surface area contributed by atoms with Gasteiger partial charge in [0, 0.05) is 4.47 Å². The topological polar surface area (TPSA) is 107 Å². The molecule has 0 radical (unpaired) electrons. The summed E-state index contributed by atoms with van der Waals surface area (Å²) in [6, 6.07) is 2.18. The summed E-state index contributed by atoms with van der Waals surface area (Å²) in [5.74, 6) is -1.25. The smallest absolute Gasteiger partial charge is 0.339 e. The van der Waals surface area contributed by atoms with Crippen LogP contribution < -0.4 is 9.88 Å². The molecule has 0 spiro atoms. The van der Waals surface area contributed by atoms with Gasteiger partial charge in [0.15, 0.2) is 0 Å². The predicted molar refractivity (Wildman–Crippen MR) is 59.0 cm³/mol. The number of rotatable bonds is 3. The lowest BCUT2D eigenvalue weighted by atomic mass is 10.2. The van der Waals surface area contributed by atoms with Crippen LogP contribution in [-0.2, 0) is 10.0 Å². The third kappa shape index (κ3) is 2.52. The van der Waals surface area contributed by atoms with Crippen molar-refractivity contribution in [3.8, 4) is 5.75 Å². The maximum Gasteiger partial charge on any atom is 0.339 e. The van der Waals surface area contributed by atoms with Crippen LogP contribution in [-0.4, -0.2) is 26.6 Å². The first kappa shape index (κ1) is 12.9. The number of sulfonamides is 1. The van der Waals surface area contributed by atoms with Crippen LogP contribution >= 0.6 is 15.9 Å². The van der Waals surface area contributed by atoms with Crippen molar-refractivity contribution in [2.75, 3.05) is 7.11 Å². The van der Waals surface area contributed by atoms with Crippen LogP contribution in [0.3, 0.4) is 0 Å². The van der Waals surface area contributed by atoms with Crippen LogP contribution in [0.25, 0.3) is 0 Å². The van der Waals surface area contributed by atoms with Gasteiger partial charge in [-0.3, -0.25) is 0 Å². The summed E-state index contributed by atoms with van der Waals surface area (Å²) in [5.41, 5.74) is -0.269. The number of ether oxygens (including phenoxy) is 1. The Morgan fingerprint density at radius 1 is 1.50 bits per heavy atom. The third-order valence-corrected chi connectivity index (χ3v) is 3.66. The molecule has 0 saturated heterocycles. The van der Waals surface area contributed by atoms with Gasteiger partial charge in [-0.2, -0.15) is 0 Å². The van der Waals surface area contributed by atoms with Gasteiger partial charge in [-0.25, -0.2) is 18.4 Å². The average molecular weight is 310 g/mol. The first-order valence-electron chi connectivity index (χ1n) is 3.91. The zero-order valence-electron chi connectivity index (χ0n) is 8.10. The second kappa shape index (κ2) is 4.40. The van der Waals surface area contributed by atoms with Crippen molar-refractivity contribution in [2.45, 2.75) is 4.90 Å². The number of primary sulfonamides is 1. The molecule has 0 saturated carbocycles. The molecule has 0 bridgehead atoms. The molecule has 16 heavy (non-hydrogen) atoms. The highest BCUT2D eigenvalue weighted by molar-refractivity contribution is 9.10. The monoisotopic (exact) mass is 309 g/mol. The summed E-state index contributed by atoms with van der Waals surface area (Å²) in [4.78, 5) is 10.5. The molecule has 0 atom stereocenters. The lowest BCUT2D eigenvalue weighted by molar-refractivity contribution is 0.0693. The number of carboxylic acid groups (broad SMARTS) is 1. The highest BCUT2D eigenvalue weighted by Crippen LogP contribution is 2.29. The Kier molecular flexibility index (Phi) is 3.56. The Morgan fingerprint density at radius 2 is 2.06 bits per heavy atom. The molecule has 0 fully saturated rings. The van der Waals surface area contributed by atoms with E-state index in [9.17, 15) is 13.2 Å². The maximum atomic E-state index is 11.1. The predicted octanol–water partition coefficient (Wildman–Crippen LogP) is 0.803. The highest BCUT2D eigenvalue weighted by atomic mass is 79.9. The van der Waals surface area contributed by atoms with Crippen LogP contribution in [0, 0.1) is 0 Å². The Balaban J connectivity index is 3.58. The van der Waals surface area contributed by atoms with Crippen molar-refractivity contribution < 1.29 is 23.1 Å². The quantitative estimate of drug-likeness (QED) is 0.859. The van der Waals surface area contributed by atoms with E-state index in [0.29, 0.717) is 0 Å². The fraction of sp³-hybridized carbons (Fsp3) is 0.125. The summed E-state index contributed by atoms with van der Waals surface area (Å²) < 4.78 is 27.2. The van der Waals surface area contributed by atoms with Crippen LogP contribution in [0.4, 0.5) is 0 Å². The first-order valence-corrected chi connectivity index (χ1v) is 6.25. The Morgan fingerprint density at radius 3 is 2.44 bits per heavy atom. The maximum absolute atomic E-state index is 11.1. The van der Waals surface area contributed by atoms with E-state index in [2.05, 4.69) is 15.9 Å². The molecule has 8 heteroatoms. The number of hydrogen-bond donors (Lipinski definition) is 2. The summed E-state index contributed by atoms with van der Waals surface area (Å²) in [7, 11) is -2.70. The van der Waals surface area contributed by atoms with Gasteiger partial charge in [-0.05, 0) is 28.1 Å². The van der Waals surface area contributed by atoms with Gasteiger partial charge in [0.05, 0.1) is 12.0 Å². The Bertz CT molecular complexity index is 540. The van der Waals surface area contributed by atoms with Crippen molar-refractivity contribution >= 4 is 31.9 Å². The molecule has 0 aliphatic heterocycles. The summed E-state index contributed by atoms with van der Waals surface area (Å²) in [6.07, 6.45) is 0. The van der Waals surface area contributed by atoms with Crippen LogP contribution in [0.15, 0.2) is 21.5 Å². The lowest BCUT2D eigenvalue weighted by Gasteiger charge is -2.08. The molecule has 0 heterocycles. The van der Waals surface area contributed by atoms with E-state index in [0.717, 1.165) is 6.07 Å². The average Bonchev–Trinajstić information content (AvgIpc) is 2.14. The zero-order valence-corrected chi connectivity index (χ0v) is 10.5. The van der Waals surface area contributed by atoms with Crippen molar-refractivity contribution in [2.24, 2.45) is 5.14 Å². The third-order valence-electron chi connectivity index (χ3n) is 1.79. The molecule has 0 aliphatic rings. The number of benzene rings is 1. The van der Waals surface area contributed by atoms with Crippen LogP contribution in [0.5, 0.6) is 5.75 Å². The molecule has 1 aromatic rings. The second-order valence-corrected chi connectivity index (χ2v) is 5.22. The van der Waals surface area contributed by atoms with E-state index in [4.69, 9.17) is 15.0 Å². The molecular weight excluding hydrogens is 302 g/mol. The Labute approximate surface area is 100 Å². The van der Waals surface area contributed by atoms with Gasteiger partial charge in [-0.15, -0.1) is 0 Å². The minimum absolute atomic E-state index is 0.0479. The Hall–Kier alpha value is -1.12. The van der Waals surface area contributed by atoms with E-state index in [-0.39, 0.29) is 20.7 Å². The van der Waals surface area contributed by atoms with Gasteiger partial charge in [0.25, 0.3) is 0 Å². The number of nitrogens with two attached hydrogens (primary N) is 1. The number of carbonyl (C=O) groups is 1. The molecular formula is C8H8BrNO5S. The molecule has 1 rings (SSSR count). The van der Waals surface area contributed by atoms with Crippen LogP contribution in [0.1, 0.15) is 10.4 Å². The molecule has 1 aromatic carbocycles. The fourth-order valence-electron chi connectivity index (χ4n) is 1.09. The summed E-state index contributed by atoms with van der Waals surface area (Å²) in [5, 5.41) is 13.8. The molecule has 0 amide bonds. The summed E-state index contributed by atoms with van der Waals surface area (Å²) >= 11 is 2.97. The summed E-state index contributed by atoms with van der Waals surface area (Å²) in [6.45, 7) is 0. The highest BCUT2D eigenvalue weighted by Gasteiger charge is 2.20. The molecule has 0 aliphatic carbocycles. The molecule has 6 nitrogen and oxygen atoms in total. The second-order valence-electron chi connectivity index (χ2n) is 2.83. The van der Waals surface area contributed by atoms with E-state index >= 15 is 0 Å². The largest absolute Gasteiger partial charge is 0.496 e. The normalized spacial score (nSPS) is 11.2. The van der Waals surface area contributed by atoms with Gasteiger partial charge < -0.3 is 9.84 Å². The minimum atomic E-state index is -3.98. The number of carboxylic acids is 1. The fourth-order valence-corrected chi connectivity index (χ4v) is 2.70. The first-order chi connectivity index (χ1) is 7.27. The number of aromatic carboxylic acids is 1. The zero-order chi connectivity index (χ0) is 12.5. The molecule has 0 aromatic heterocycles. The van der Waals surface area contributed by atoms with Crippen molar-refractivity contribution in [1.82, 2.24) is 0 Å². The van der Waals surface area contributed by atoms with Gasteiger partial charge >= 0.3 is 5.97 Å². The van der Waals surface area contributed by atoms with Crippen molar-refractivity contribution in [3.63, 3.8) is 0 Å². The standard InChI is InChI=1S/C8H8BrNO5S/c1-15-6-3-5(9)7(16(10,13)14)2-4(6)8(11)12/h2-3H,1H3,(H,11,12)(H2,10,13,14). The van der Waals surface area contributed by atoms with E-state index in [1.807, 2.05) is 0 Å². The van der Waals surface area contributed by atoms with E-state index in [1.54, 1.807) is 0 Å². The van der Waals surface area contributed by atoms with E-state index < -0.39 is 16.0 Å². The lowest BCUT2D eigenvalue weighted by Crippen LogP contribution is -2.14. The molecule has 88 valence electrons. The number of halogens is 1. The molecule has 0 unspecified atom stereocenters. The van der Waals surface area contributed by atoms with Gasteiger partial charge in [-0.1, -0.05) is 0 Å². The molecule has 3 N–H and O–H groups in total. The van der Waals surface area contributed by atoms with Gasteiger partial charge in [0.1, 0.15) is 11.3 Å². The van der Waals surface area contributed by atoms with E-state index in [1.165, 1.54) is 13.2 Å². The number of methoxy groups -OCH3 is 1. The van der Waals surface area contributed by atoms with Gasteiger partial charge in [0.2, 0.25) is 10.0 Å². The van der Waals surface area contributed by atoms with Crippen LogP contribution in [0.2, 0.25) is 0 Å². The number of hydrogen-bond acceptors (Lipinski definition) is 4. The SMILES string of the molecule is COc1cc(Br)c(S(N)(=O)=O)cc1C(=O)O. The van der Waals surface area contributed by atoms with Crippen molar-refractivity contribution in [3.05, 3.63) is 22.2 Å².